The summed E-state index contributed by atoms with van der Waals surface area (Å²) in [6.07, 6.45) is 6.40. The van der Waals surface area contributed by atoms with Gasteiger partial charge in [-0.1, -0.05) is 29.8 Å². The molecule has 1 aromatic heterocycles. The Morgan fingerprint density at radius 3 is 2.90 bits per heavy atom. The van der Waals surface area contributed by atoms with Crippen molar-refractivity contribution in [2.45, 2.75) is 25.7 Å². The fourth-order valence-corrected chi connectivity index (χ4v) is 2.19. The number of aromatic amines is 1. The third-order valence-corrected chi connectivity index (χ3v) is 3.42. The van der Waals surface area contributed by atoms with Gasteiger partial charge in [0.05, 0.1) is 0 Å². The summed E-state index contributed by atoms with van der Waals surface area (Å²) in [5.41, 5.74) is 1.01. The number of amides is 1. The van der Waals surface area contributed by atoms with Gasteiger partial charge in [0.15, 0.2) is 0 Å². The van der Waals surface area contributed by atoms with Crippen LogP contribution in [0, 0.1) is 0 Å². The lowest BCUT2D eigenvalue weighted by Crippen LogP contribution is -2.25. The summed E-state index contributed by atoms with van der Waals surface area (Å²) in [6, 6.07) is 7.62. The van der Waals surface area contributed by atoms with Crippen LogP contribution in [0.5, 0.6) is 0 Å². The first-order valence-electron chi connectivity index (χ1n) is 6.74. The van der Waals surface area contributed by atoms with Crippen LogP contribution in [0.2, 0.25) is 5.02 Å². The molecule has 0 unspecified atom stereocenters. The number of aromatic nitrogens is 2. The number of imidazole rings is 1. The Kier molecular flexibility index (Phi) is 5.62. The van der Waals surface area contributed by atoms with Crippen LogP contribution in [0.15, 0.2) is 36.7 Å². The molecule has 0 fully saturated rings. The zero-order chi connectivity index (χ0) is 14.2. The van der Waals surface area contributed by atoms with E-state index in [9.17, 15) is 4.79 Å². The number of H-pyrrole nitrogens is 1. The molecule has 0 aliphatic carbocycles. The molecule has 2 rings (SSSR count). The van der Waals surface area contributed by atoms with Gasteiger partial charge >= 0.3 is 0 Å². The number of aryl methyl sites for hydroxylation is 2. The van der Waals surface area contributed by atoms with Crippen molar-refractivity contribution in [2.24, 2.45) is 0 Å². The van der Waals surface area contributed by atoms with E-state index in [0.717, 1.165) is 29.3 Å². The van der Waals surface area contributed by atoms with E-state index < -0.39 is 0 Å². The molecule has 1 heterocycles. The number of rotatable bonds is 7. The van der Waals surface area contributed by atoms with E-state index >= 15 is 0 Å². The van der Waals surface area contributed by atoms with E-state index in [0.29, 0.717) is 19.4 Å². The van der Waals surface area contributed by atoms with Crippen LogP contribution in [-0.2, 0) is 17.6 Å². The van der Waals surface area contributed by atoms with Gasteiger partial charge < -0.3 is 10.3 Å². The highest BCUT2D eigenvalue weighted by Gasteiger charge is 2.04. The van der Waals surface area contributed by atoms with E-state index in [2.05, 4.69) is 15.3 Å². The van der Waals surface area contributed by atoms with Crippen molar-refractivity contribution in [3.8, 4) is 0 Å². The summed E-state index contributed by atoms with van der Waals surface area (Å²) in [5, 5.41) is 3.63. The highest BCUT2D eigenvalue weighted by Crippen LogP contribution is 2.16. The highest BCUT2D eigenvalue weighted by molar-refractivity contribution is 6.31. The number of halogens is 1. The van der Waals surface area contributed by atoms with Gasteiger partial charge in [-0.3, -0.25) is 4.79 Å². The van der Waals surface area contributed by atoms with Gasteiger partial charge in [0, 0.05) is 36.8 Å². The lowest BCUT2D eigenvalue weighted by Gasteiger charge is -2.06. The van der Waals surface area contributed by atoms with Crippen LogP contribution >= 0.6 is 11.6 Å². The molecule has 0 spiro atoms. The Hall–Kier alpha value is -1.81. The molecule has 2 aromatic rings. The molecule has 5 heteroatoms. The Morgan fingerprint density at radius 2 is 2.15 bits per heavy atom. The lowest BCUT2D eigenvalue weighted by atomic mass is 10.1. The summed E-state index contributed by atoms with van der Waals surface area (Å²) >= 11 is 6.05. The Morgan fingerprint density at radius 1 is 1.30 bits per heavy atom. The van der Waals surface area contributed by atoms with Crippen LogP contribution in [-0.4, -0.2) is 22.4 Å². The molecule has 0 atom stereocenters. The smallest absolute Gasteiger partial charge is 0.220 e. The molecule has 0 aliphatic rings. The maximum Gasteiger partial charge on any atom is 0.220 e. The van der Waals surface area contributed by atoms with Crippen LogP contribution in [0.1, 0.15) is 24.2 Å². The number of nitrogens with one attached hydrogen (secondary N) is 2. The van der Waals surface area contributed by atoms with Crippen molar-refractivity contribution < 1.29 is 4.79 Å². The Labute approximate surface area is 123 Å². The van der Waals surface area contributed by atoms with Crippen molar-refractivity contribution in [1.82, 2.24) is 15.3 Å². The second-order valence-electron chi connectivity index (χ2n) is 4.58. The third-order valence-electron chi connectivity index (χ3n) is 3.05. The second kappa shape index (κ2) is 7.70. The lowest BCUT2D eigenvalue weighted by molar-refractivity contribution is -0.121. The fourth-order valence-electron chi connectivity index (χ4n) is 1.96. The van der Waals surface area contributed by atoms with Gasteiger partial charge in [0.2, 0.25) is 5.91 Å². The van der Waals surface area contributed by atoms with Crippen molar-refractivity contribution in [3.63, 3.8) is 0 Å². The summed E-state index contributed by atoms with van der Waals surface area (Å²) < 4.78 is 0. The molecule has 0 aliphatic heterocycles. The van der Waals surface area contributed by atoms with E-state index in [1.807, 2.05) is 24.3 Å². The van der Waals surface area contributed by atoms with Crippen LogP contribution in [0.25, 0.3) is 0 Å². The topological polar surface area (TPSA) is 57.8 Å². The molecule has 0 saturated heterocycles. The number of carbonyl (C=O) groups is 1. The second-order valence-corrected chi connectivity index (χ2v) is 4.99. The number of hydrogen-bond donors (Lipinski definition) is 2. The maximum absolute atomic E-state index is 11.7. The SMILES string of the molecule is O=C(CCc1ccccc1Cl)NCCCc1ncc[nH]1. The fraction of sp³-hybridized carbons (Fsp3) is 0.333. The van der Waals surface area contributed by atoms with Crippen LogP contribution < -0.4 is 5.32 Å². The normalized spacial score (nSPS) is 10.4. The first-order chi connectivity index (χ1) is 9.75. The number of benzene rings is 1. The van der Waals surface area contributed by atoms with Gasteiger partial charge in [-0.15, -0.1) is 0 Å². The summed E-state index contributed by atoms with van der Waals surface area (Å²) in [6.45, 7) is 0.669. The minimum atomic E-state index is 0.0596. The molecule has 1 aromatic carbocycles. The number of nitrogens with zero attached hydrogens (tertiary/aromatic N) is 1. The van der Waals surface area contributed by atoms with Crippen molar-refractivity contribution in [3.05, 3.63) is 53.1 Å². The van der Waals surface area contributed by atoms with E-state index in [1.54, 1.807) is 12.4 Å². The molecular weight excluding hydrogens is 274 g/mol. The summed E-state index contributed by atoms with van der Waals surface area (Å²) in [5.74, 6) is 1.01. The first kappa shape index (κ1) is 14.6. The molecule has 0 saturated carbocycles. The molecule has 2 N–H and O–H groups in total. The van der Waals surface area contributed by atoms with Crippen molar-refractivity contribution >= 4 is 17.5 Å². The standard InChI is InChI=1S/C15H18ClN3O/c16-13-5-2-1-4-12(13)7-8-15(20)19-9-3-6-14-17-10-11-18-14/h1-2,4-5,10-11H,3,6-9H2,(H,17,18)(H,19,20). The van der Waals surface area contributed by atoms with Crippen LogP contribution in [0.4, 0.5) is 0 Å². The molecule has 0 radical (unpaired) electrons. The van der Waals surface area contributed by atoms with Gasteiger partial charge in [-0.25, -0.2) is 4.98 Å². The summed E-state index contributed by atoms with van der Waals surface area (Å²) in [4.78, 5) is 18.9. The van der Waals surface area contributed by atoms with Crippen molar-refractivity contribution in [1.29, 1.82) is 0 Å². The average molecular weight is 292 g/mol. The highest BCUT2D eigenvalue weighted by atomic mass is 35.5. The average Bonchev–Trinajstić information content (AvgIpc) is 2.96. The molecule has 20 heavy (non-hydrogen) atoms. The largest absolute Gasteiger partial charge is 0.356 e. The third kappa shape index (κ3) is 4.70. The molecule has 106 valence electrons. The predicted octanol–water partition coefficient (Wildman–Crippen LogP) is 2.74. The quantitative estimate of drug-likeness (QED) is 0.771. The predicted molar refractivity (Wildman–Crippen MR) is 79.7 cm³/mol. The monoisotopic (exact) mass is 291 g/mol. The van der Waals surface area contributed by atoms with Gasteiger partial charge in [0.1, 0.15) is 5.82 Å². The maximum atomic E-state index is 11.7. The van der Waals surface area contributed by atoms with Gasteiger partial charge in [0.25, 0.3) is 0 Å². The number of hydrogen-bond acceptors (Lipinski definition) is 2. The molecule has 0 bridgehead atoms. The van der Waals surface area contributed by atoms with Gasteiger partial charge in [-0.05, 0) is 24.5 Å². The molecule has 4 nitrogen and oxygen atoms in total. The van der Waals surface area contributed by atoms with E-state index in [4.69, 9.17) is 11.6 Å². The Balaban J connectivity index is 1.62. The van der Waals surface area contributed by atoms with E-state index in [-0.39, 0.29) is 5.91 Å². The van der Waals surface area contributed by atoms with E-state index in [1.165, 1.54) is 0 Å². The van der Waals surface area contributed by atoms with Crippen molar-refractivity contribution in [2.75, 3.05) is 6.54 Å². The first-order valence-corrected chi connectivity index (χ1v) is 7.12. The van der Waals surface area contributed by atoms with Crippen LogP contribution in [0.3, 0.4) is 0 Å². The zero-order valence-electron chi connectivity index (χ0n) is 11.2. The summed E-state index contributed by atoms with van der Waals surface area (Å²) in [7, 11) is 0. The Bertz CT molecular complexity index is 540. The van der Waals surface area contributed by atoms with Gasteiger partial charge in [-0.2, -0.15) is 0 Å². The minimum Gasteiger partial charge on any atom is -0.356 e. The number of carbonyl (C=O) groups excluding carboxylic acids is 1. The zero-order valence-corrected chi connectivity index (χ0v) is 12.0. The molecular formula is C15H18ClN3O. The molecule has 1 amide bonds. The minimum absolute atomic E-state index is 0.0596.